The highest BCUT2D eigenvalue weighted by atomic mass is 79.9. The lowest BCUT2D eigenvalue weighted by molar-refractivity contribution is -0.143. The van der Waals surface area contributed by atoms with Crippen molar-refractivity contribution in [3.05, 3.63) is 27.1 Å². The molecule has 2 rings (SSSR count). The average molecular weight is 432 g/mol. The van der Waals surface area contributed by atoms with Crippen molar-refractivity contribution in [2.45, 2.75) is 6.92 Å². The minimum Gasteiger partial charge on any atom is -0.504 e. The minimum atomic E-state index is -0.544. The second-order valence-corrected chi connectivity index (χ2v) is 7.15. The number of nitrogens with zero attached hydrogens (tertiary/aromatic N) is 1. The zero-order chi connectivity index (χ0) is 17.9. The number of amides is 1. The Kier molecular flexibility index (Phi) is 6.25. The van der Waals surface area contributed by atoms with E-state index in [-0.39, 0.29) is 22.5 Å². The number of rotatable bonds is 5. The van der Waals surface area contributed by atoms with Gasteiger partial charge in [0.1, 0.15) is 10.9 Å². The van der Waals surface area contributed by atoms with Crippen LogP contribution in [0.2, 0.25) is 0 Å². The van der Waals surface area contributed by atoms with Crippen LogP contribution in [0.5, 0.6) is 11.5 Å². The molecule has 1 saturated heterocycles. The third kappa shape index (κ3) is 4.08. The number of esters is 1. The Morgan fingerprint density at radius 1 is 1.50 bits per heavy atom. The first kappa shape index (κ1) is 18.8. The first-order valence-corrected chi connectivity index (χ1v) is 8.86. The van der Waals surface area contributed by atoms with E-state index >= 15 is 0 Å². The molecule has 0 aromatic heterocycles. The predicted molar refractivity (Wildman–Crippen MR) is 98.9 cm³/mol. The van der Waals surface area contributed by atoms with E-state index in [0.717, 1.165) is 11.8 Å². The van der Waals surface area contributed by atoms with Crippen LogP contribution in [0.3, 0.4) is 0 Å². The lowest BCUT2D eigenvalue weighted by Crippen LogP contribution is -2.33. The fourth-order valence-corrected chi connectivity index (χ4v) is 3.60. The van der Waals surface area contributed by atoms with E-state index in [4.69, 9.17) is 17.0 Å². The normalized spacial score (nSPS) is 16.0. The highest BCUT2D eigenvalue weighted by Gasteiger charge is 2.33. The summed E-state index contributed by atoms with van der Waals surface area (Å²) in [7, 11) is 1.25. The van der Waals surface area contributed by atoms with Gasteiger partial charge in [-0.25, -0.2) is 0 Å². The molecule has 1 fully saturated rings. The van der Waals surface area contributed by atoms with Crippen LogP contribution in [-0.4, -0.2) is 46.5 Å². The van der Waals surface area contributed by atoms with Crippen LogP contribution >= 0.6 is 39.9 Å². The molecule has 0 aliphatic carbocycles. The molecule has 0 radical (unpaired) electrons. The van der Waals surface area contributed by atoms with Crippen molar-refractivity contribution in [3.63, 3.8) is 0 Å². The Hall–Kier alpha value is -1.58. The maximum atomic E-state index is 12.4. The Morgan fingerprint density at radius 3 is 2.83 bits per heavy atom. The van der Waals surface area contributed by atoms with Gasteiger partial charge in [-0.15, -0.1) is 0 Å². The standard InChI is InChI=1S/C15H14BrNO5S2/c1-3-22-11-4-8(9(16)6-10(11)18)5-12-14(20)17(15(23)24-12)7-13(19)21-2/h4-6,18H,3,7H2,1-2H3/b12-5-. The number of thiocarbonyl (C=S) groups is 1. The van der Waals surface area contributed by atoms with E-state index in [1.807, 2.05) is 0 Å². The molecule has 1 aliphatic heterocycles. The van der Waals surface area contributed by atoms with Crippen LogP contribution in [0.25, 0.3) is 6.08 Å². The lowest BCUT2D eigenvalue weighted by atomic mass is 10.2. The number of methoxy groups -OCH3 is 1. The number of phenols is 1. The first-order chi connectivity index (χ1) is 11.4. The largest absolute Gasteiger partial charge is 0.504 e. The third-order valence-electron chi connectivity index (χ3n) is 3.05. The Balaban J connectivity index is 2.32. The maximum absolute atomic E-state index is 12.4. The topological polar surface area (TPSA) is 76.1 Å². The Bertz CT molecular complexity index is 735. The molecule has 1 N–H and O–H groups in total. The number of carbonyl (C=O) groups excluding carboxylic acids is 2. The van der Waals surface area contributed by atoms with Gasteiger partial charge in [0.05, 0.1) is 18.6 Å². The smallest absolute Gasteiger partial charge is 0.325 e. The molecule has 0 atom stereocenters. The molecular weight excluding hydrogens is 418 g/mol. The third-order valence-corrected chi connectivity index (χ3v) is 5.12. The van der Waals surface area contributed by atoms with E-state index < -0.39 is 5.97 Å². The van der Waals surface area contributed by atoms with Crippen LogP contribution in [0.15, 0.2) is 21.5 Å². The molecule has 128 valence electrons. The summed E-state index contributed by atoms with van der Waals surface area (Å²) in [5.74, 6) is -0.596. The van der Waals surface area contributed by atoms with Crippen molar-refractivity contribution in [2.24, 2.45) is 0 Å². The van der Waals surface area contributed by atoms with E-state index in [1.54, 1.807) is 19.1 Å². The molecule has 0 unspecified atom stereocenters. The molecule has 1 aromatic rings. The van der Waals surface area contributed by atoms with Gasteiger partial charge in [-0.2, -0.15) is 0 Å². The van der Waals surface area contributed by atoms with Crippen molar-refractivity contribution in [1.29, 1.82) is 0 Å². The maximum Gasteiger partial charge on any atom is 0.325 e. The highest BCUT2D eigenvalue weighted by Crippen LogP contribution is 2.37. The van der Waals surface area contributed by atoms with E-state index in [9.17, 15) is 14.7 Å². The van der Waals surface area contributed by atoms with Gasteiger partial charge < -0.3 is 14.6 Å². The zero-order valence-corrected chi connectivity index (χ0v) is 16.1. The van der Waals surface area contributed by atoms with Gasteiger partial charge in [0.15, 0.2) is 11.5 Å². The van der Waals surface area contributed by atoms with Crippen molar-refractivity contribution in [2.75, 3.05) is 20.3 Å². The van der Waals surface area contributed by atoms with Crippen LogP contribution in [0.4, 0.5) is 0 Å². The molecule has 6 nitrogen and oxygen atoms in total. The Morgan fingerprint density at radius 2 is 2.21 bits per heavy atom. The number of ether oxygens (including phenoxy) is 2. The summed E-state index contributed by atoms with van der Waals surface area (Å²) in [5.41, 5.74) is 0.648. The molecule has 1 amide bonds. The fraction of sp³-hybridized carbons (Fsp3) is 0.267. The summed E-state index contributed by atoms with van der Waals surface area (Å²) in [4.78, 5) is 25.3. The number of hydrogen-bond donors (Lipinski definition) is 1. The van der Waals surface area contributed by atoms with Gasteiger partial charge >= 0.3 is 5.97 Å². The number of thioether (sulfide) groups is 1. The number of aromatic hydroxyl groups is 1. The molecule has 1 aliphatic rings. The van der Waals surface area contributed by atoms with Crippen LogP contribution in [0.1, 0.15) is 12.5 Å². The van der Waals surface area contributed by atoms with Gasteiger partial charge in [-0.05, 0) is 30.7 Å². The summed E-state index contributed by atoms with van der Waals surface area (Å²) >= 11 is 9.58. The quantitative estimate of drug-likeness (QED) is 0.436. The van der Waals surface area contributed by atoms with E-state index in [2.05, 4.69) is 20.7 Å². The lowest BCUT2D eigenvalue weighted by Gasteiger charge is -2.12. The van der Waals surface area contributed by atoms with Gasteiger partial charge in [-0.1, -0.05) is 39.9 Å². The molecular formula is C15H14BrNO5S2. The molecule has 0 saturated carbocycles. The van der Waals surface area contributed by atoms with Crippen LogP contribution in [-0.2, 0) is 14.3 Å². The zero-order valence-electron chi connectivity index (χ0n) is 12.9. The van der Waals surface area contributed by atoms with Gasteiger partial charge in [0, 0.05) is 4.47 Å². The monoisotopic (exact) mass is 431 g/mol. The summed E-state index contributed by atoms with van der Waals surface area (Å²) in [6.07, 6.45) is 1.63. The van der Waals surface area contributed by atoms with Gasteiger partial charge in [0.2, 0.25) is 0 Å². The molecule has 9 heteroatoms. The number of phenolic OH excluding ortho intramolecular Hbond substituents is 1. The van der Waals surface area contributed by atoms with Crippen molar-refractivity contribution >= 4 is 62.2 Å². The van der Waals surface area contributed by atoms with Crippen molar-refractivity contribution in [1.82, 2.24) is 4.90 Å². The van der Waals surface area contributed by atoms with Crippen LogP contribution in [0, 0.1) is 0 Å². The predicted octanol–water partition coefficient (Wildman–Crippen LogP) is 2.93. The van der Waals surface area contributed by atoms with Crippen molar-refractivity contribution < 1.29 is 24.2 Å². The molecule has 24 heavy (non-hydrogen) atoms. The number of hydrogen-bond acceptors (Lipinski definition) is 7. The van der Waals surface area contributed by atoms with E-state index in [1.165, 1.54) is 18.1 Å². The van der Waals surface area contributed by atoms with Gasteiger partial charge in [-0.3, -0.25) is 14.5 Å². The SMILES string of the molecule is CCOc1cc(/C=C2\SC(=S)N(CC(=O)OC)C2=O)c(Br)cc1O. The fourth-order valence-electron chi connectivity index (χ4n) is 1.91. The van der Waals surface area contributed by atoms with Gasteiger partial charge in [0.25, 0.3) is 5.91 Å². The van der Waals surface area contributed by atoms with Crippen LogP contribution < -0.4 is 4.74 Å². The second kappa shape index (κ2) is 8.00. The highest BCUT2D eigenvalue weighted by molar-refractivity contribution is 9.10. The second-order valence-electron chi connectivity index (χ2n) is 4.62. The summed E-state index contributed by atoms with van der Waals surface area (Å²) < 4.78 is 10.8. The summed E-state index contributed by atoms with van der Waals surface area (Å²) in [5, 5.41) is 9.84. The molecule has 0 bridgehead atoms. The number of carbonyl (C=O) groups is 2. The summed E-state index contributed by atoms with van der Waals surface area (Å²) in [6.45, 7) is 1.98. The molecule has 1 heterocycles. The average Bonchev–Trinajstić information content (AvgIpc) is 2.79. The van der Waals surface area contributed by atoms with Crippen molar-refractivity contribution in [3.8, 4) is 11.5 Å². The first-order valence-electron chi connectivity index (χ1n) is 6.84. The summed E-state index contributed by atoms with van der Waals surface area (Å²) in [6, 6.07) is 3.11. The van der Waals surface area contributed by atoms with E-state index in [0.29, 0.717) is 27.3 Å². The Labute approximate surface area is 156 Å². The minimum absolute atomic E-state index is 0.000819. The molecule has 0 spiro atoms. The molecule has 1 aromatic carbocycles. The number of benzene rings is 1. The number of halogens is 1.